The second-order valence-corrected chi connectivity index (χ2v) is 3.53. The number of rotatable bonds is 4. The van der Waals surface area contributed by atoms with E-state index >= 15 is 0 Å². The Morgan fingerprint density at radius 3 is 2.67 bits per heavy atom. The summed E-state index contributed by atoms with van der Waals surface area (Å²) in [5.41, 5.74) is 6.34. The Hall–Kier alpha value is -1.49. The van der Waals surface area contributed by atoms with Gasteiger partial charge in [0.2, 0.25) is 5.91 Å². The fourth-order valence-corrected chi connectivity index (χ4v) is 1.10. The monoisotopic (exact) mass is 208 g/mol. The molecule has 15 heavy (non-hydrogen) atoms. The van der Waals surface area contributed by atoms with Gasteiger partial charge in [0.1, 0.15) is 6.33 Å². The molecule has 0 saturated heterocycles. The van der Waals surface area contributed by atoms with Crippen LogP contribution in [0.25, 0.3) is 0 Å². The van der Waals surface area contributed by atoms with E-state index in [-0.39, 0.29) is 11.8 Å². The Kier molecular flexibility index (Phi) is 4.17. The Labute approximate surface area is 89.1 Å². The van der Waals surface area contributed by atoms with Crippen molar-refractivity contribution in [1.82, 2.24) is 9.97 Å². The van der Waals surface area contributed by atoms with Crippen LogP contribution in [0.3, 0.4) is 0 Å². The highest BCUT2D eigenvalue weighted by Gasteiger charge is 2.19. The number of hydrogen-bond donors (Lipinski definition) is 2. The minimum Gasteiger partial charge on any atom is -0.322 e. The van der Waals surface area contributed by atoms with Gasteiger partial charge in [-0.2, -0.15) is 0 Å². The van der Waals surface area contributed by atoms with Gasteiger partial charge in [0.25, 0.3) is 0 Å². The molecule has 3 N–H and O–H groups in total. The van der Waals surface area contributed by atoms with Crippen molar-refractivity contribution in [1.29, 1.82) is 0 Å². The molecule has 1 amide bonds. The van der Waals surface area contributed by atoms with E-state index in [0.29, 0.717) is 5.69 Å². The highest BCUT2D eigenvalue weighted by atomic mass is 16.2. The van der Waals surface area contributed by atoms with E-state index in [9.17, 15) is 4.79 Å². The molecule has 0 radical (unpaired) electrons. The predicted molar refractivity (Wildman–Crippen MR) is 58.1 cm³/mol. The van der Waals surface area contributed by atoms with Gasteiger partial charge in [-0.05, 0) is 5.92 Å². The molecule has 5 heteroatoms. The molecular weight excluding hydrogens is 192 g/mol. The third-order valence-electron chi connectivity index (χ3n) is 2.39. The fraction of sp³-hybridized carbons (Fsp3) is 0.500. The molecule has 0 fully saturated rings. The van der Waals surface area contributed by atoms with Crippen LogP contribution in [0, 0.1) is 5.92 Å². The van der Waals surface area contributed by atoms with E-state index in [1.165, 1.54) is 18.7 Å². The highest BCUT2D eigenvalue weighted by Crippen LogP contribution is 2.08. The summed E-state index contributed by atoms with van der Waals surface area (Å²) in [6.45, 7) is 3.95. The first-order chi connectivity index (χ1) is 7.15. The van der Waals surface area contributed by atoms with Gasteiger partial charge in [-0.3, -0.25) is 4.79 Å². The van der Waals surface area contributed by atoms with Crippen LogP contribution in [0.5, 0.6) is 0 Å². The number of carbonyl (C=O) groups is 1. The topological polar surface area (TPSA) is 80.9 Å². The molecule has 1 aromatic rings. The summed E-state index contributed by atoms with van der Waals surface area (Å²) < 4.78 is 0. The standard InChI is InChI=1S/C10H16N4O/c1-3-7(2)9(11)10(15)14-8-4-12-6-13-5-8/h4-7,9H,3,11H2,1-2H3,(H,14,15). The molecule has 0 aliphatic rings. The van der Waals surface area contributed by atoms with E-state index in [2.05, 4.69) is 15.3 Å². The van der Waals surface area contributed by atoms with Gasteiger partial charge in [0.05, 0.1) is 24.1 Å². The number of anilines is 1. The molecule has 2 atom stereocenters. The third-order valence-corrected chi connectivity index (χ3v) is 2.39. The predicted octanol–water partition coefficient (Wildman–Crippen LogP) is 0.788. The van der Waals surface area contributed by atoms with Gasteiger partial charge in [-0.1, -0.05) is 20.3 Å². The lowest BCUT2D eigenvalue weighted by Crippen LogP contribution is -2.40. The number of nitrogens with zero attached hydrogens (tertiary/aromatic N) is 2. The molecule has 0 aliphatic carbocycles. The maximum atomic E-state index is 11.6. The normalized spacial score (nSPS) is 14.3. The van der Waals surface area contributed by atoms with Crippen LogP contribution in [0.4, 0.5) is 5.69 Å². The smallest absolute Gasteiger partial charge is 0.241 e. The van der Waals surface area contributed by atoms with Crippen LogP contribution in [0.2, 0.25) is 0 Å². The molecule has 0 spiro atoms. The zero-order valence-electron chi connectivity index (χ0n) is 8.97. The molecule has 1 aromatic heterocycles. The lowest BCUT2D eigenvalue weighted by Gasteiger charge is -2.17. The van der Waals surface area contributed by atoms with E-state index < -0.39 is 6.04 Å². The minimum atomic E-state index is -0.491. The van der Waals surface area contributed by atoms with Crippen LogP contribution in [-0.4, -0.2) is 21.9 Å². The third kappa shape index (κ3) is 3.28. The van der Waals surface area contributed by atoms with Crippen LogP contribution in [0.15, 0.2) is 18.7 Å². The summed E-state index contributed by atoms with van der Waals surface area (Å²) in [5, 5.41) is 2.67. The zero-order valence-corrected chi connectivity index (χ0v) is 8.97. The largest absolute Gasteiger partial charge is 0.322 e. The van der Waals surface area contributed by atoms with Crippen LogP contribution in [-0.2, 0) is 4.79 Å². The van der Waals surface area contributed by atoms with Crippen LogP contribution < -0.4 is 11.1 Å². The van der Waals surface area contributed by atoms with Crippen molar-refractivity contribution >= 4 is 11.6 Å². The molecule has 1 rings (SSSR count). The minimum absolute atomic E-state index is 0.162. The summed E-state index contributed by atoms with van der Waals surface area (Å²) in [4.78, 5) is 19.2. The Balaban J connectivity index is 2.56. The summed E-state index contributed by atoms with van der Waals surface area (Å²) in [5.74, 6) is -0.0335. The summed E-state index contributed by atoms with van der Waals surface area (Å²) in [6.07, 6.45) is 5.35. The van der Waals surface area contributed by atoms with Gasteiger partial charge in [0, 0.05) is 0 Å². The number of nitrogens with two attached hydrogens (primary N) is 1. The van der Waals surface area contributed by atoms with E-state index in [1.54, 1.807) is 0 Å². The summed E-state index contributed by atoms with van der Waals surface area (Å²) in [7, 11) is 0. The van der Waals surface area contributed by atoms with Crippen molar-refractivity contribution < 1.29 is 4.79 Å². The Morgan fingerprint density at radius 1 is 1.53 bits per heavy atom. The van der Waals surface area contributed by atoms with E-state index in [0.717, 1.165) is 6.42 Å². The maximum Gasteiger partial charge on any atom is 0.241 e. The molecule has 82 valence electrons. The molecule has 2 unspecified atom stereocenters. The number of hydrogen-bond acceptors (Lipinski definition) is 4. The maximum absolute atomic E-state index is 11.6. The number of carbonyl (C=O) groups excluding carboxylic acids is 1. The van der Waals surface area contributed by atoms with Gasteiger partial charge >= 0.3 is 0 Å². The van der Waals surface area contributed by atoms with Crippen molar-refractivity contribution in [2.45, 2.75) is 26.3 Å². The quantitative estimate of drug-likeness (QED) is 0.766. The highest BCUT2D eigenvalue weighted by molar-refractivity contribution is 5.94. The molecule has 0 bridgehead atoms. The average molecular weight is 208 g/mol. The zero-order chi connectivity index (χ0) is 11.3. The number of aromatic nitrogens is 2. The average Bonchev–Trinajstić information content (AvgIpc) is 2.28. The Morgan fingerprint density at radius 2 is 2.13 bits per heavy atom. The van der Waals surface area contributed by atoms with Crippen molar-refractivity contribution in [3.05, 3.63) is 18.7 Å². The van der Waals surface area contributed by atoms with Gasteiger partial charge in [-0.25, -0.2) is 9.97 Å². The Bertz CT molecular complexity index is 314. The number of amides is 1. The van der Waals surface area contributed by atoms with E-state index in [4.69, 9.17) is 5.73 Å². The second kappa shape index (κ2) is 5.41. The first-order valence-corrected chi connectivity index (χ1v) is 4.96. The fourth-order valence-electron chi connectivity index (χ4n) is 1.10. The number of nitrogens with one attached hydrogen (secondary N) is 1. The first-order valence-electron chi connectivity index (χ1n) is 4.96. The second-order valence-electron chi connectivity index (χ2n) is 3.53. The molecule has 0 saturated carbocycles. The SMILES string of the molecule is CCC(C)C(N)C(=O)Nc1cncnc1. The molecular formula is C10H16N4O. The van der Waals surface area contributed by atoms with Crippen LogP contribution >= 0.6 is 0 Å². The van der Waals surface area contributed by atoms with Crippen molar-refractivity contribution in [3.8, 4) is 0 Å². The first kappa shape index (κ1) is 11.6. The summed E-state index contributed by atoms with van der Waals surface area (Å²) in [6, 6.07) is -0.491. The molecule has 0 aromatic carbocycles. The van der Waals surface area contributed by atoms with Crippen molar-refractivity contribution in [2.24, 2.45) is 11.7 Å². The lowest BCUT2D eigenvalue weighted by molar-refractivity contribution is -0.118. The molecule has 5 nitrogen and oxygen atoms in total. The van der Waals surface area contributed by atoms with E-state index in [1.807, 2.05) is 13.8 Å². The van der Waals surface area contributed by atoms with Gasteiger partial charge in [0.15, 0.2) is 0 Å². The van der Waals surface area contributed by atoms with Crippen molar-refractivity contribution in [3.63, 3.8) is 0 Å². The lowest BCUT2D eigenvalue weighted by atomic mass is 9.99. The molecule has 0 aliphatic heterocycles. The molecule has 1 heterocycles. The van der Waals surface area contributed by atoms with Gasteiger partial charge < -0.3 is 11.1 Å². The van der Waals surface area contributed by atoms with Crippen molar-refractivity contribution in [2.75, 3.05) is 5.32 Å². The van der Waals surface area contributed by atoms with Crippen LogP contribution in [0.1, 0.15) is 20.3 Å². The van der Waals surface area contributed by atoms with Gasteiger partial charge in [-0.15, -0.1) is 0 Å². The summed E-state index contributed by atoms with van der Waals surface area (Å²) >= 11 is 0.